The van der Waals surface area contributed by atoms with Gasteiger partial charge in [0.2, 0.25) is 5.91 Å². The minimum atomic E-state index is -4.42. The molecule has 3 aromatic rings. The van der Waals surface area contributed by atoms with Gasteiger partial charge in [-0.2, -0.15) is 18.3 Å². The predicted molar refractivity (Wildman–Crippen MR) is 109 cm³/mol. The fourth-order valence-electron chi connectivity index (χ4n) is 3.13. The maximum Gasteiger partial charge on any atom is 0.406 e. The van der Waals surface area contributed by atoms with Gasteiger partial charge in [0.25, 0.3) is 0 Å². The van der Waals surface area contributed by atoms with E-state index in [0.717, 1.165) is 29.6 Å². The maximum atomic E-state index is 12.5. The molecule has 0 atom stereocenters. The molecule has 0 saturated carbocycles. The van der Waals surface area contributed by atoms with Gasteiger partial charge in [-0.1, -0.05) is 48.5 Å². The summed E-state index contributed by atoms with van der Waals surface area (Å²) in [5.41, 5.74) is 3.46. The molecule has 0 aliphatic carbocycles. The van der Waals surface area contributed by atoms with Crippen LogP contribution in [0.3, 0.4) is 0 Å². The lowest BCUT2D eigenvalue weighted by Crippen LogP contribution is -2.41. The number of rotatable bonds is 7. The Hall–Kier alpha value is -3.13. The van der Waals surface area contributed by atoms with Crippen LogP contribution in [0.25, 0.3) is 16.9 Å². The van der Waals surface area contributed by atoms with Crippen molar-refractivity contribution in [3.8, 4) is 16.9 Å². The number of hydrogen-bond donors (Lipinski definition) is 0. The van der Waals surface area contributed by atoms with Crippen LogP contribution in [-0.4, -0.2) is 58.8 Å². The highest BCUT2D eigenvalue weighted by Crippen LogP contribution is 2.24. The third-order valence-corrected chi connectivity index (χ3v) is 4.55. The molecule has 0 N–H and O–H groups in total. The van der Waals surface area contributed by atoms with Crippen LogP contribution in [0.15, 0.2) is 66.9 Å². The molecule has 1 heterocycles. The zero-order valence-electron chi connectivity index (χ0n) is 16.8. The lowest BCUT2D eigenvalue weighted by Gasteiger charge is -2.22. The molecular formula is C22H23F3N4O. The van der Waals surface area contributed by atoms with Crippen LogP contribution in [-0.2, 0) is 11.3 Å². The Balaban J connectivity index is 1.80. The highest BCUT2D eigenvalue weighted by atomic mass is 19.4. The lowest BCUT2D eigenvalue weighted by atomic mass is 10.1. The van der Waals surface area contributed by atoms with Crippen molar-refractivity contribution in [2.24, 2.45) is 0 Å². The number of nitrogens with zero attached hydrogens (tertiary/aromatic N) is 4. The second kappa shape index (κ2) is 9.13. The van der Waals surface area contributed by atoms with Crippen LogP contribution in [0.2, 0.25) is 0 Å². The number of hydrogen-bond acceptors (Lipinski definition) is 3. The van der Waals surface area contributed by atoms with Crippen molar-refractivity contribution < 1.29 is 18.0 Å². The summed E-state index contributed by atoms with van der Waals surface area (Å²) >= 11 is 0. The second-order valence-corrected chi connectivity index (χ2v) is 7.19. The molecule has 8 heteroatoms. The van der Waals surface area contributed by atoms with Gasteiger partial charge in [0, 0.05) is 30.9 Å². The number of para-hydroxylation sites is 1. The molecule has 0 spiro atoms. The van der Waals surface area contributed by atoms with E-state index in [0.29, 0.717) is 11.4 Å². The van der Waals surface area contributed by atoms with Gasteiger partial charge in [0.1, 0.15) is 6.54 Å². The summed E-state index contributed by atoms with van der Waals surface area (Å²) in [4.78, 5) is 14.6. The molecule has 0 fully saturated rings. The molecule has 1 amide bonds. The monoisotopic (exact) mass is 416 g/mol. The first-order valence-corrected chi connectivity index (χ1v) is 9.41. The summed E-state index contributed by atoms with van der Waals surface area (Å²) in [6.07, 6.45) is -2.53. The molecule has 0 bridgehead atoms. The van der Waals surface area contributed by atoms with Gasteiger partial charge < -0.3 is 4.90 Å². The zero-order valence-corrected chi connectivity index (χ0v) is 16.8. The van der Waals surface area contributed by atoms with Gasteiger partial charge in [-0.05, 0) is 19.2 Å². The summed E-state index contributed by atoms with van der Waals surface area (Å²) < 4.78 is 39.4. The molecule has 0 aliphatic heterocycles. The number of carbonyl (C=O) groups excluding carboxylic acids is 1. The van der Waals surface area contributed by atoms with Gasteiger partial charge in [-0.3, -0.25) is 9.69 Å². The van der Waals surface area contributed by atoms with E-state index in [-0.39, 0.29) is 6.54 Å². The standard InChI is InChI=1S/C22H23F3N4O/c1-27(15-20(30)28(2)16-22(23,24)25)13-18-14-29(19-11-7-4-8-12-19)26-21(18)17-9-5-3-6-10-17/h3-12,14H,13,15-16H2,1-2H3. The molecule has 3 rings (SSSR count). The molecule has 1 aromatic heterocycles. The fourth-order valence-corrected chi connectivity index (χ4v) is 3.13. The van der Waals surface area contributed by atoms with Gasteiger partial charge in [-0.25, -0.2) is 4.68 Å². The Kier molecular flexibility index (Phi) is 6.56. The highest BCUT2D eigenvalue weighted by molar-refractivity contribution is 5.78. The van der Waals surface area contributed by atoms with Crippen LogP contribution in [0.1, 0.15) is 5.56 Å². The zero-order chi connectivity index (χ0) is 21.7. The smallest absolute Gasteiger partial charge is 0.336 e. The van der Waals surface area contributed by atoms with Crippen molar-refractivity contribution in [2.75, 3.05) is 27.2 Å². The average Bonchev–Trinajstić information content (AvgIpc) is 3.11. The average molecular weight is 416 g/mol. The number of halogens is 3. The number of aromatic nitrogens is 2. The Bertz CT molecular complexity index is 971. The van der Waals surface area contributed by atoms with Crippen molar-refractivity contribution in [1.29, 1.82) is 0 Å². The molecule has 0 radical (unpaired) electrons. The minimum Gasteiger partial charge on any atom is -0.336 e. The van der Waals surface area contributed by atoms with Crippen molar-refractivity contribution in [3.63, 3.8) is 0 Å². The Labute approximate surface area is 173 Å². The summed E-state index contributed by atoms with van der Waals surface area (Å²) in [7, 11) is 2.86. The van der Waals surface area contributed by atoms with Crippen LogP contribution in [0, 0.1) is 0 Å². The maximum absolute atomic E-state index is 12.5. The summed E-state index contributed by atoms with van der Waals surface area (Å²) in [6.45, 7) is -1.03. The van der Waals surface area contributed by atoms with Gasteiger partial charge in [0.15, 0.2) is 0 Å². The Morgan fingerprint density at radius 1 is 1.00 bits per heavy atom. The van der Waals surface area contributed by atoms with Crippen LogP contribution >= 0.6 is 0 Å². The van der Waals surface area contributed by atoms with Crippen LogP contribution < -0.4 is 0 Å². The number of carbonyl (C=O) groups is 1. The largest absolute Gasteiger partial charge is 0.406 e. The Morgan fingerprint density at radius 2 is 1.60 bits per heavy atom. The number of amides is 1. The molecule has 0 unspecified atom stereocenters. The fraction of sp³-hybridized carbons (Fsp3) is 0.273. The molecule has 30 heavy (non-hydrogen) atoms. The quantitative estimate of drug-likeness (QED) is 0.585. The van der Waals surface area contributed by atoms with E-state index in [1.807, 2.05) is 66.9 Å². The van der Waals surface area contributed by atoms with E-state index in [9.17, 15) is 18.0 Å². The lowest BCUT2D eigenvalue weighted by molar-refractivity contribution is -0.158. The summed E-state index contributed by atoms with van der Waals surface area (Å²) in [6, 6.07) is 19.3. The van der Waals surface area contributed by atoms with Crippen molar-refractivity contribution >= 4 is 5.91 Å². The second-order valence-electron chi connectivity index (χ2n) is 7.19. The van der Waals surface area contributed by atoms with Crippen molar-refractivity contribution in [3.05, 3.63) is 72.4 Å². The molecule has 5 nitrogen and oxygen atoms in total. The van der Waals surface area contributed by atoms with E-state index in [2.05, 4.69) is 0 Å². The summed E-state index contributed by atoms with van der Waals surface area (Å²) in [5, 5.41) is 4.71. The first kappa shape index (κ1) is 21.6. The Morgan fingerprint density at radius 3 is 2.20 bits per heavy atom. The third-order valence-electron chi connectivity index (χ3n) is 4.55. The molecular weight excluding hydrogens is 393 g/mol. The van der Waals surface area contributed by atoms with E-state index in [1.54, 1.807) is 16.6 Å². The van der Waals surface area contributed by atoms with Gasteiger partial charge in [-0.15, -0.1) is 0 Å². The van der Waals surface area contributed by atoms with E-state index >= 15 is 0 Å². The van der Waals surface area contributed by atoms with E-state index in [4.69, 9.17) is 5.10 Å². The van der Waals surface area contributed by atoms with E-state index in [1.165, 1.54) is 0 Å². The molecule has 158 valence electrons. The number of alkyl halides is 3. The van der Waals surface area contributed by atoms with Crippen molar-refractivity contribution in [2.45, 2.75) is 12.7 Å². The first-order chi connectivity index (χ1) is 14.2. The van der Waals surface area contributed by atoms with Crippen LogP contribution in [0.4, 0.5) is 13.2 Å². The molecule has 2 aromatic carbocycles. The van der Waals surface area contributed by atoms with Crippen LogP contribution in [0.5, 0.6) is 0 Å². The van der Waals surface area contributed by atoms with Gasteiger partial charge >= 0.3 is 6.18 Å². The normalized spacial score (nSPS) is 11.7. The molecule has 0 aliphatic rings. The highest BCUT2D eigenvalue weighted by Gasteiger charge is 2.31. The third kappa shape index (κ3) is 5.70. The summed E-state index contributed by atoms with van der Waals surface area (Å²) in [5.74, 6) is -0.591. The SMILES string of the molecule is CN(CC(=O)N(C)CC(F)(F)F)Cc1cn(-c2ccccc2)nc1-c1ccccc1. The molecule has 0 saturated heterocycles. The first-order valence-electron chi connectivity index (χ1n) is 9.41. The predicted octanol–water partition coefficient (Wildman–Crippen LogP) is 3.99. The van der Waals surface area contributed by atoms with Crippen molar-refractivity contribution in [1.82, 2.24) is 19.6 Å². The van der Waals surface area contributed by atoms with E-state index < -0.39 is 18.6 Å². The number of likely N-dealkylation sites (N-methyl/N-ethyl adjacent to an activating group) is 2. The topological polar surface area (TPSA) is 41.4 Å². The minimum absolute atomic E-state index is 0.128. The number of benzene rings is 2. The van der Waals surface area contributed by atoms with Gasteiger partial charge in [0.05, 0.1) is 17.9 Å².